The quantitative estimate of drug-likeness (QED) is 0.263. The molecule has 0 radical (unpaired) electrons. The third-order valence-electron chi connectivity index (χ3n) is 6.49. The van der Waals surface area contributed by atoms with Crippen molar-refractivity contribution in [3.8, 4) is 28.3 Å². The predicted molar refractivity (Wildman–Crippen MR) is 157 cm³/mol. The molecule has 6 rings (SSSR count). The Bertz CT molecular complexity index is 1940. The van der Waals surface area contributed by atoms with E-state index in [4.69, 9.17) is 21.3 Å². The number of anilines is 1. The standard InChI is InChI=1S/C31H22ClN5O3/c1-40-27-10-9-18(17-34-27)12-26(38)35-25-16-22-14-23(21-13-20-8-5-11-33-29(20)24(32)15-21)28(19-6-3-2-4-7-19)36-30(22)37-31(25)39/h2-11,13-17H,12H2,1H3,(H,35,38)(H,36,37,39). The molecule has 8 nitrogen and oxygen atoms in total. The maximum Gasteiger partial charge on any atom is 0.273 e. The summed E-state index contributed by atoms with van der Waals surface area (Å²) in [5.74, 6) is 0.108. The van der Waals surface area contributed by atoms with Crippen LogP contribution in [0.15, 0.2) is 96.1 Å². The molecule has 0 aliphatic heterocycles. The van der Waals surface area contributed by atoms with Gasteiger partial charge in [-0.15, -0.1) is 0 Å². The van der Waals surface area contributed by atoms with Crippen LogP contribution in [0.1, 0.15) is 5.56 Å². The summed E-state index contributed by atoms with van der Waals surface area (Å²) in [6.45, 7) is 0. The first-order chi connectivity index (χ1) is 19.5. The van der Waals surface area contributed by atoms with Crippen molar-refractivity contribution >= 4 is 45.1 Å². The largest absolute Gasteiger partial charge is 0.481 e. The summed E-state index contributed by atoms with van der Waals surface area (Å²) in [6.07, 6.45) is 3.32. The van der Waals surface area contributed by atoms with E-state index in [1.54, 1.807) is 30.6 Å². The van der Waals surface area contributed by atoms with Crippen molar-refractivity contribution in [3.63, 3.8) is 0 Å². The van der Waals surface area contributed by atoms with Crippen LogP contribution >= 0.6 is 11.6 Å². The lowest BCUT2D eigenvalue weighted by molar-refractivity contribution is -0.115. The summed E-state index contributed by atoms with van der Waals surface area (Å²) >= 11 is 6.63. The minimum atomic E-state index is -0.451. The summed E-state index contributed by atoms with van der Waals surface area (Å²) in [6, 6.07) is 24.4. The lowest BCUT2D eigenvalue weighted by Crippen LogP contribution is -2.21. The second-order valence-electron chi connectivity index (χ2n) is 9.17. The highest BCUT2D eigenvalue weighted by Gasteiger charge is 2.16. The smallest absolute Gasteiger partial charge is 0.273 e. The van der Waals surface area contributed by atoms with Gasteiger partial charge >= 0.3 is 0 Å². The molecule has 6 aromatic rings. The van der Waals surface area contributed by atoms with Crippen LogP contribution < -0.4 is 15.6 Å². The van der Waals surface area contributed by atoms with Crippen LogP contribution in [0.3, 0.4) is 0 Å². The van der Waals surface area contributed by atoms with Gasteiger partial charge in [-0.05, 0) is 41.5 Å². The van der Waals surface area contributed by atoms with E-state index in [9.17, 15) is 9.59 Å². The van der Waals surface area contributed by atoms with Gasteiger partial charge in [-0.1, -0.05) is 54.1 Å². The molecule has 0 atom stereocenters. The van der Waals surface area contributed by atoms with Gasteiger partial charge in [0.1, 0.15) is 11.3 Å². The van der Waals surface area contributed by atoms with Gasteiger partial charge in [0, 0.05) is 40.4 Å². The van der Waals surface area contributed by atoms with Gasteiger partial charge in [-0.25, -0.2) is 9.97 Å². The zero-order valence-electron chi connectivity index (χ0n) is 21.3. The first kappa shape index (κ1) is 25.2. The number of amides is 1. The maximum atomic E-state index is 12.9. The van der Waals surface area contributed by atoms with E-state index in [0.29, 0.717) is 38.7 Å². The van der Waals surface area contributed by atoms with Crippen LogP contribution in [0.25, 0.3) is 44.3 Å². The number of benzene rings is 2. The number of hydrogen-bond acceptors (Lipinski definition) is 6. The summed E-state index contributed by atoms with van der Waals surface area (Å²) in [7, 11) is 1.52. The zero-order chi connectivity index (χ0) is 27.6. The van der Waals surface area contributed by atoms with Crippen LogP contribution in [-0.2, 0) is 11.2 Å². The first-order valence-corrected chi connectivity index (χ1v) is 12.8. The Labute approximate surface area is 233 Å². The Kier molecular flexibility index (Phi) is 6.67. The van der Waals surface area contributed by atoms with Crippen LogP contribution in [-0.4, -0.2) is 33.0 Å². The number of carbonyl (C=O) groups is 1. The number of aromatic nitrogens is 4. The molecular formula is C31H22ClN5O3. The maximum absolute atomic E-state index is 12.9. The van der Waals surface area contributed by atoms with E-state index >= 15 is 0 Å². The number of fused-ring (bicyclic) bond motifs is 2. The lowest BCUT2D eigenvalue weighted by atomic mass is 9.97. The molecule has 1 amide bonds. The van der Waals surface area contributed by atoms with Crippen LogP contribution in [0, 0.1) is 0 Å². The summed E-state index contributed by atoms with van der Waals surface area (Å²) < 4.78 is 5.06. The minimum absolute atomic E-state index is 0.0501. The molecule has 0 saturated heterocycles. The van der Waals surface area contributed by atoms with Crippen molar-refractivity contribution in [2.45, 2.75) is 6.42 Å². The van der Waals surface area contributed by atoms with Crippen molar-refractivity contribution in [2.75, 3.05) is 12.4 Å². The van der Waals surface area contributed by atoms with Gasteiger partial charge in [0.2, 0.25) is 11.8 Å². The molecule has 0 aliphatic rings. The number of pyridine rings is 4. The van der Waals surface area contributed by atoms with Gasteiger partial charge < -0.3 is 15.0 Å². The molecule has 0 bridgehead atoms. The van der Waals surface area contributed by atoms with Gasteiger partial charge in [-0.3, -0.25) is 14.6 Å². The van der Waals surface area contributed by atoms with Gasteiger partial charge in [0.25, 0.3) is 5.56 Å². The number of nitrogens with zero attached hydrogens (tertiary/aromatic N) is 3. The highest BCUT2D eigenvalue weighted by molar-refractivity contribution is 6.35. The fraction of sp³-hybridized carbons (Fsp3) is 0.0645. The molecule has 2 N–H and O–H groups in total. The third-order valence-corrected chi connectivity index (χ3v) is 6.78. The number of nitrogens with one attached hydrogen (secondary N) is 2. The minimum Gasteiger partial charge on any atom is -0.481 e. The molecule has 0 spiro atoms. The van der Waals surface area contributed by atoms with Crippen molar-refractivity contribution in [2.24, 2.45) is 0 Å². The Morgan fingerprint density at radius 2 is 1.80 bits per heavy atom. The number of hydrogen-bond donors (Lipinski definition) is 2. The van der Waals surface area contributed by atoms with E-state index in [0.717, 1.165) is 22.1 Å². The Morgan fingerprint density at radius 3 is 2.58 bits per heavy atom. The van der Waals surface area contributed by atoms with Crippen LogP contribution in [0.2, 0.25) is 5.02 Å². The molecule has 0 fully saturated rings. The number of rotatable bonds is 6. The number of halogens is 1. The summed E-state index contributed by atoms with van der Waals surface area (Å²) in [5.41, 5.74) is 4.72. The fourth-order valence-electron chi connectivity index (χ4n) is 4.58. The van der Waals surface area contributed by atoms with Crippen molar-refractivity contribution in [1.82, 2.24) is 19.9 Å². The van der Waals surface area contributed by atoms with Crippen molar-refractivity contribution in [3.05, 3.63) is 112 Å². The van der Waals surface area contributed by atoms with E-state index in [2.05, 4.69) is 20.3 Å². The molecule has 0 unspecified atom stereocenters. The second-order valence-corrected chi connectivity index (χ2v) is 9.57. The average molecular weight is 548 g/mol. The topological polar surface area (TPSA) is 110 Å². The number of ether oxygens (including phenoxy) is 1. The van der Waals surface area contributed by atoms with E-state index in [-0.39, 0.29) is 18.0 Å². The Hall–Kier alpha value is -5.08. The molecule has 40 heavy (non-hydrogen) atoms. The Morgan fingerprint density at radius 1 is 0.950 bits per heavy atom. The first-order valence-electron chi connectivity index (χ1n) is 12.5. The van der Waals surface area contributed by atoms with Crippen molar-refractivity contribution < 1.29 is 9.53 Å². The molecule has 9 heteroatoms. The summed E-state index contributed by atoms with van der Waals surface area (Å²) in [5, 5.41) is 4.79. The van der Waals surface area contributed by atoms with Crippen molar-refractivity contribution in [1.29, 1.82) is 0 Å². The second kappa shape index (κ2) is 10.6. The Balaban J connectivity index is 1.43. The SMILES string of the molecule is COc1ccc(CC(=O)Nc2cc3cc(-c4cc(Cl)c5ncccc5c4)c(-c4ccccc4)nc3[nH]c2=O)cn1. The molecule has 0 aliphatic carbocycles. The predicted octanol–water partition coefficient (Wildman–Crippen LogP) is 6.04. The molecule has 4 heterocycles. The third kappa shape index (κ3) is 5.00. The lowest BCUT2D eigenvalue weighted by Gasteiger charge is -2.14. The normalized spacial score (nSPS) is 11.1. The monoisotopic (exact) mass is 547 g/mol. The molecule has 0 saturated carbocycles. The number of H-pyrrole nitrogens is 1. The average Bonchev–Trinajstić information content (AvgIpc) is 2.98. The number of carbonyl (C=O) groups excluding carboxylic acids is 1. The molecule has 4 aromatic heterocycles. The zero-order valence-corrected chi connectivity index (χ0v) is 22.1. The van der Waals surface area contributed by atoms with Gasteiger partial charge in [-0.2, -0.15) is 0 Å². The highest BCUT2D eigenvalue weighted by Crippen LogP contribution is 2.36. The molecule has 196 valence electrons. The highest BCUT2D eigenvalue weighted by atomic mass is 35.5. The van der Waals surface area contributed by atoms with E-state index in [1.807, 2.05) is 60.7 Å². The number of methoxy groups -OCH3 is 1. The van der Waals surface area contributed by atoms with E-state index < -0.39 is 5.56 Å². The van der Waals surface area contributed by atoms with Gasteiger partial charge in [0.05, 0.1) is 29.8 Å². The van der Waals surface area contributed by atoms with Crippen LogP contribution in [0.4, 0.5) is 5.69 Å². The molecular weight excluding hydrogens is 526 g/mol. The fourth-order valence-corrected chi connectivity index (χ4v) is 4.86. The van der Waals surface area contributed by atoms with E-state index in [1.165, 1.54) is 7.11 Å². The molecule has 2 aromatic carbocycles. The number of aromatic amines is 1. The van der Waals surface area contributed by atoms with Gasteiger partial charge in [0.15, 0.2) is 0 Å². The summed E-state index contributed by atoms with van der Waals surface area (Å²) in [4.78, 5) is 41.9. The van der Waals surface area contributed by atoms with Crippen LogP contribution in [0.5, 0.6) is 5.88 Å².